The van der Waals surface area contributed by atoms with Crippen LogP contribution in [0.3, 0.4) is 0 Å². The zero-order valence-electron chi connectivity index (χ0n) is 12.5. The number of alkyl halides is 1. The van der Waals surface area contributed by atoms with E-state index in [1.54, 1.807) is 6.07 Å². The first kappa shape index (κ1) is 16.9. The van der Waals surface area contributed by atoms with Gasteiger partial charge in [-0.15, -0.1) is 0 Å². The third-order valence-electron chi connectivity index (χ3n) is 4.10. The van der Waals surface area contributed by atoms with Crippen molar-refractivity contribution >= 4 is 38.5 Å². The Morgan fingerprint density at radius 1 is 1.14 bits per heavy atom. The van der Waals surface area contributed by atoms with Crippen molar-refractivity contribution in [2.75, 3.05) is 0 Å². The first-order chi connectivity index (χ1) is 9.85. The van der Waals surface area contributed by atoms with Crippen LogP contribution in [0, 0.1) is 9.39 Å². The van der Waals surface area contributed by atoms with Gasteiger partial charge in [-0.1, -0.05) is 67.0 Å². The first-order valence-electron chi connectivity index (χ1n) is 7.04. The first-order valence-corrected chi connectivity index (χ1v) is 9.04. The molecule has 0 N–H and O–H groups in total. The van der Waals surface area contributed by atoms with Gasteiger partial charge in [0.25, 0.3) is 0 Å². The van der Waals surface area contributed by atoms with Crippen LogP contribution in [0.25, 0.3) is 0 Å². The Balaban J connectivity index is 2.30. The second-order valence-corrected chi connectivity index (χ2v) is 7.97. The number of hydrogen-bond acceptors (Lipinski definition) is 0. The summed E-state index contributed by atoms with van der Waals surface area (Å²) in [4.78, 5) is 0.0868. The van der Waals surface area contributed by atoms with Crippen molar-refractivity contribution in [3.05, 3.63) is 68.5 Å². The molecular formula is C18H19BrFI. The number of halogens is 3. The van der Waals surface area contributed by atoms with Crippen LogP contribution in [-0.4, -0.2) is 0 Å². The highest BCUT2D eigenvalue weighted by Crippen LogP contribution is 2.35. The lowest BCUT2D eigenvalue weighted by Gasteiger charge is -2.24. The van der Waals surface area contributed by atoms with Crippen molar-refractivity contribution < 1.29 is 4.39 Å². The van der Waals surface area contributed by atoms with E-state index in [1.807, 2.05) is 6.07 Å². The highest BCUT2D eigenvalue weighted by atomic mass is 127. The van der Waals surface area contributed by atoms with Crippen LogP contribution < -0.4 is 0 Å². The van der Waals surface area contributed by atoms with E-state index < -0.39 is 0 Å². The summed E-state index contributed by atoms with van der Waals surface area (Å²) < 4.78 is 14.2. The van der Waals surface area contributed by atoms with Crippen molar-refractivity contribution in [3.8, 4) is 0 Å². The summed E-state index contributed by atoms with van der Waals surface area (Å²) in [6, 6.07) is 13.6. The standard InChI is InChI=1S/C18H19BrFI/c1-4-18(2,3)13-7-5-12(6-8-13)17(19)15-10-9-14(20)11-16(15)21/h5-11,17H,4H2,1-3H3. The van der Waals surface area contributed by atoms with Crippen LogP contribution in [0.2, 0.25) is 0 Å². The predicted octanol–water partition coefficient (Wildman–Crippen LogP) is 6.60. The fourth-order valence-electron chi connectivity index (χ4n) is 2.19. The molecule has 0 nitrogen and oxygen atoms in total. The van der Waals surface area contributed by atoms with Gasteiger partial charge in [0.1, 0.15) is 5.82 Å². The summed E-state index contributed by atoms with van der Waals surface area (Å²) in [6.07, 6.45) is 1.11. The van der Waals surface area contributed by atoms with Gasteiger partial charge in [-0.05, 0) is 63.2 Å². The molecule has 2 aromatic rings. The smallest absolute Gasteiger partial charge is 0.124 e. The number of hydrogen-bond donors (Lipinski definition) is 0. The molecule has 0 spiro atoms. The largest absolute Gasteiger partial charge is 0.207 e. The molecule has 2 rings (SSSR count). The van der Waals surface area contributed by atoms with E-state index in [0.29, 0.717) is 0 Å². The lowest BCUT2D eigenvalue weighted by molar-refractivity contribution is 0.506. The van der Waals surface area contributed by atoms with Gasteiger partial charge in [0.05, 0.1) is 4.83 Å². The summed E-state index contributed by atoms with van der Waals surface area (Å²) in [5, 5.41) is 0. The Labute approximate surface area is 148 Å². The molecule has 21 heavy (non-hydrogen) atoms. The summed E-state index contributed by atoms with van der Waals surface area (Å²) in [5.74, 6) is -0.192. The Morgan fingerprint density at radius 3 is 2.29 bits per heavy atom. The summed E-state index contributed by atoms with van der Waals surface area (Å²) in [7, 11) is 0. The van der Waals surface area contributed by atoms with Crippen LogP contribution in [0.1, 0.15) is 48.7 Å². The summed E-state index contributed by atoms with van der Waals surface area (Å²) >= 11 is 5.92. The van der Waals surface area contributed by atoms with Crippen LogP contribution >= 0.6 is 38.5 Å². The van der Waals surface area contributed by atoms with Crippen LogP contribution in [0.15, 0.2) is 42.5 Å². The van der Waals surface area contributed by atoms with Gasteiger partial charge >= 0.3 is 0 Å². The molecule has 0 fully saturated rings. The van der Waals surface area contributed by atoms with Gasteiger partial charge in [0, 0.05) is 3.57 Å². The number of rotatable bonds is 4. The zero-order valence-corrected chi connectivity index (χ0v) is 16.2. The Morgan fingerprint density at radius 2 is 1.76 bits per heavy atom. The molecule has 0 bridgehead atoms. The molecule has 1 unspecified atom stereocenters. The summed E-state index contributed by atoms with van der Waals surface area (Å²) in [6.45, 7) is 6.73. The molecular weight excluding hydrogens is 442 g/mol. The average Bonchev–Trinajstić information content (AvgIpc) is 2.47. The van der Waals surface area contributed by atoms with Gasteiger partial charge in [-0.2, -0.15) is 0 Å². The fourth-order valence-corrected chi connectivity index (χ4v) is 4.12. The Bertz CT molecular complexity index is 620. The minimum absolute atomic E-state index is 0.0868. The van der Waals surface area contributed by atoms with E-state index in [0.717, 1.165) is 15.6 Å². The lowest BCUT2D eigenvalue weighted by atomic mass is 9.82. The van der Waals surface area contributed by atoms with Crippen molar-refractivity contribution in [1.29, 1.82) is 0 Å². The molecule has 0 heterocycles. The molecule has 0 amide bonds. The lowest BCUT2D eigenvalue weighted by Crippen LogP contribution is -2.15. The monoisotopic (exact) mass is 460 g/mol. The van der Waals surface area contributed by atoms with E-state index in [-0.39, 0.29) is 16.1 Å². The van der Waals surface area contributed by atoms with E-state index in [2.05, 4.69) is 83.6 Å². The SMILES string of the molecule is CCC(C)(C)c1ccc(C(Br)c2ccc(F)cc2I)cc1. The summed E-state index contributed by atoms with van der Waals surface area (Å²) in [5.41, 5.74) is 3.84. The third-order valence-corrected chi connectivity index (χ3v) is 6.06. The molecule has 0 aliphatic carbocycles. The molecule has 3 heteroatoms. The average molecular weight is 461 g/mol. The van der Waals surface area contributed by atoms with Crippen LogP contribution in [0.5, 0.6) is 0 Å². The topological polar surface area (TPSA) is 0 Å². The fraction of sp³-hybridized carbons (Fsp3) is 0.333. The molecule has 112 valence electrons. The van der Waals surface area contributed by atoms with Gasteiger partial charge in [0.15, 0.2) is 0 Å². The maximum atomic E-state index is 13.2. The van der Waals surface area contributed by atoms with Gasteiger partial charge in [-0.25, -0.2) is 4.39 Å². The second-order valence-electron chi connectivity index (χ2n) is 5.89. The normalized spacial score (nSPS) is 13.2. The van der Waals surface area contributed by atoms with E-state index >= 15 is 0 Å². The van der Waals surface area contributed by atoms with Crippen molar-refractivity contribution in [2.45, 2.75) is 37.4 Å². The van der Waals surface area contributed by atoms with Gasteiger partial charge in [0.2, 0.25) is 0 Å². The molecule has 0 radical (unpaired) electrons. The van der Waals surface area contributed by atoms with Crippen LogP contribution in [0.4, 0.5) is 4.39 Å². The minimum Gasteiger partial charge on any atom is -0.207 e. The predicted molar refractivity (Wildman–Crippen MR) is 99.6 cm³/mol. The van der Waals surface area contributed by atoms with Crippen LogP contribution in [-0.2, 0) is 5.41 Å². The second kappa shape index (κ2) is 6.78. The molecule has 0 aliphatic rings. The third kappa shape index (κ3) is 3.86. The molecule has 0 saturated heterocycles. The van der Waals surface area contributed by atoms with Crippen molar-refractivity contribution in [1.82, 2.24) is 0 Å². The highest BCUT2D eigenvalue weighted by Gasteiger charge is 2.19. The minimum atomic E-state index is -0.192. The Hall–Kier alpha value is -0.420. The van der Waals surface area contributed by atoms with Crippen molar-refractivity contribution in [2.24, 2.45) is 0 Å². The Kier molecular flexibility index (Phi) is 5.47. The highest BCUT2D eigenvalue weighted by molar-refractivity contribution is 14.1. The van der Waals surface area contributed by atoms with Crippen molar-refractivity contribution in [3.63, 3.8) is 0 Å². The van der Waals surface area contributed by atoms with E-state index in [9.17, 15) is 4.39 Å². The molecule has 0 aliphatic heterocycles. The van der Waals surface area contributed by atoms with Gasteiger partial charge < -0.3 is 0 Å². The zero-order chi connectivity index (χ0) is 15.6. The molecule has 1 atom stereocenters. The molecule has 0 aromatic heterocycles. The maximum absolute atomic E-state index is 13.2. The molecule has 2 aromatic carbocycles. The van der Waals surface area contributed by atoms with Gasteiger partial charge in [-0.3, -0.25) is 0 Å². The quantitative estimate of drug-likeness (QED) is 0.356. The van der Waals surface area contributed by atoms with E-state index in [1.165, 1.54) is 17.2 Å². The maximum Gasteiger partial charge on any atom is 0.124 e. The molecule has 0 saturated carbocycles. The van der Waals surface area contributed by atoms with E-state index in [4.69, 9.17) is 0 Å². The number of benzene rings is 2.